The molecular formula is C36H27N5O4S. The van der Waals surface area contributed by atoms with Gasteiger partial charge >= 0.3 is 0 Å². The molecule has 0 saturated heterocycles. The van der Waals surface area contributed by atoms with Crippen LogP contribution in [0.3, 0.4) is 0 Å². The van der Waals surface area contributed by atoms with Crippen molar-refractivity contribution in [1.29, 1.82) is 0 Å². The Morgan fingerprint density at radius 3 is 2.37 bits per heavy atom. The number of anilines is 2. The van der Waals surface area contributed by atoms with Gasteiger partial charge in [0.25, 0.3) is 11.8 Å². The minimum absolute atomic E-state index is 0.0569. The Morgan fingerprint density at radius 1 is 0.783 bits per heavy atom. The molecule has 9 nitrogen and oxygen atoms in total. The molecule has 4 aromatic carbocycles. The molecule has 0 fully saturated rings. The summed E-state index contributed by atoms with van der Waals surface area (Å²) in [5.74, 6) is -0.431. The van der Waals surface area contributed by atoms with Gasteiger partial charge in [-0.25, -0.2) is 4.98 Å². The summed E-state index contributed by atoms with van der Waals surface area (Å²) in [4.78, 5) is 48.3. The number of carbonyl (C=O) groups excluding carboxylic acids is 3. The number of rotatable bonds is 10. The van der Waals surface area contributed by atoms with Gasteiger partial charge in [-0.05, 0) is 84.4 Å². The van der Waals surface area contributed by atoms with E-state index in [-0.39, 0.29) is 17.4 Å². The van der Waals surface area contributed by atoms with Gasteiger partial charge in [0.1, 0.15) is 11.2 Å². The zero-order valence-corrected chi connectivity index (χ0v) is 25.2. The number of pyridine rings is 1. The molecule has 0 saturated carbocycles. The van der Waals surface area contributed by atoms with Crippen LogP contribution in [0.4, 0.5) is 11.4 Å². The lowest BCUT2D eigenvalue weighted by Gasteiger charge is -2.12. The zero-order chi connectivity index (χ0) is 31.7. The Balaban J connectivity index is 1.07. The van der Waals surface area contributed by atoms with Crippen molar-refractivity contribution in [3.05, 3.63) is 144 Å². The Labute approximate surface area is 268 Å². The van der Waals surface area contributed by atoms with Crippen LogP contribution in [-0.2, 0) is 9.59 Å². The highest BCUT2D eigenvalue weighted by atomic mass is 32.2. The number of thioether (sulfide) groups is 1. The predicted octanol–water partition coefficient (Wildman–Crippen LogP) is 7.03. The third-order valence-corrected chi connectivity index (χ3v) is 7.69. The lowest BCUT2D eigenvalue weighted by molar-refractivity contribution is -0.114. The summed E-state index contributed by atoms with van der Waals surface area (Å²) in [6.07, 6.45) is 4.78. The van der Waals surface area contributed by atoms with Gasteiger partial charge in [-0.2, -0.15) is 0 Å². The van der Waals surface area contributed by atoms with Crippen molar-refractivity contribution in [2.24, 2.45) is 0 Å². The average molecular weight is 626 g/mol. The van der Waals surface area contributed by atoms with E-state index in [1.807, 2.05) is 48.5 Å². The number of nitrogens with one attached hydrogen (secondary N) is 3. The number of hydrogen-bond acceptors (Lipinski definition) is 7. The Bertz CT molecular complexity index is 1990. The highest BCUT2D eigenvalue weighted by Gasteiger charge is 2.16. The number of carbonyl (C=O) groups is 3. The van der Waals surface area contributed by atoms with Crippen molar-refractivity contribution in [2.45, 2.75) is 4.90 Å². The maximum Gasteiger partial charge on any atom is 0.272 e. The van der Waals surface area contributed by atoms with Crippen molar-refractivity contribution in [2.75, 3.05) is 16.4 Å². The van der Waals surface area contributed by atoms with E-state index in [0.717, 1.165) is 16.0 Å². The third kappa shape index (κ3) is 7.74. The van der Waals surface area contributed by atoms with E-state index in [1.165, 1.54) is 11.8 Å². The summed E-state index contributed by atoms with van der Waals surface area (Å²) >= 11 is 1.33. The summed E-state index contributed by atoms with van der Waals surface area (Å²) < 4.78 is 5.82. The minimum atomic E-state index is -0.505. The number of fused-ring (bicyclic) bond motifs is 1. The predicted molar refractivity (Wildman–Crippen MR) is 180 cm³/mol. The lowest BCUT2D eigenvalue weighted by Crippen LogP contribution is -2.30. The fraction of sp³-hybridized carbons (Fsp3) is 0.0278. The van der Waals surface area contributed by atoms with Crippen molar-refractivity contribution in [3.8, 4) is 11.5 Å². The van der Waals surface area contributed by atoms with E-state index < -0.39 is 11.8 Å². The molecule has 0 bridgehead atoms. The number of hydrogen-bond donors (Lipinski definition) is 3. The van der Waals surface area contributed by atoms with Crippen LogP contribution in [0.2, 0.25) is 0 Å². The number of oxazole rings is 1. The molecule has 10 heteroatoms. The molecular weight excluding hydrogens is 598 g/mol. The van der Waals surface area contributed by atoms with E-state index in [0.29, 0.717) is 34.0 Å². The van der Waals surface area contributed by atoms with Gasteiger partial charge in [-0.15, -0.1) is 11.8 Å². The van der Waals surface area contributed by atoms with Gasteiger partial charge in [0.15, 0.2) is 5.58 Å². The molecule has 0 radical (unpaired) electrons. The molecule has 3 N–H and O–H groups in total. The average Bonchev–Trinajstić information content (AvgIpc) is 3.53. The first kappa shape index (κ1) is 30.0. The van der Waals surface area contributed by atoms with Crippen LogP contribution >= 0.6 is 11.8 Å². The monoisotopic (exact) mass is 625 g/mol. The summed E-state index contributed by atoms with van der Waals surface area (Å²) in [5.41, 5.74) is 4.59. The number of aromatic nitrogens is 2. The summed E-state index contributed by atoms with van der Waals surface area (Å²) in [7, 11) is 0. The van der Waals surface area contributed by atoms with Crippen LogP contribution in [0.25, 0.3) is 28.6 Å². The van der Waals surface area contributed by atoms with E-state index in [1.54, 1.807) is 85.2 Å². The fourth-order valence-corrected chi connectivity index (χ4v) is 5.23. The van der Waals surface area contributed by atoms with Crippen LogP contribution in [0.15, 0.2) is 143 Å². The quantitative estimate of drug-likeness (QED) is 0.110. The number of para-hydroxylation sites is 2. The summed E-state index contributed by atoms with van der Waals surface area (Å²) in [6, 6.07) is 34.2. The molecule has 2 aromatic heterocycles. The van der Waals surface area contributed by atoms with Crippen LogP contribution in [0.1, 0.15) is 15.9 Å². The van der Waals surface area contributed by atoms with Crippen LogP contribution in [0, 0.1) is 0 Å². The first-order valence-corrected chi connectivity index (χ1v) is 15.3. The summed E-state index contributed by atoms with van der Waals surface area (Å²) in [6.45, 7) is 0. The molecule has 6 aromatic rings. The highest BCUT2D eigenvalue weighted by Crippen LogP contribution is 2.26. The minimum Gasteiger partial charge on any atom is -0.436 e. The maximum atomic E-state index is 13.3. The molecule has 3 amide bonds. The van der Waals surface area contributed by atoms with Gasteiger partial charge in [0.05, 0.1) is 5.75 Å². The van der Waals surface area contributed by atoms with Crippen molar-refractivity contribution in [3.63, 3.8) is 0 Å². The topological polar surface area (TPSA) is 126 Å². The molecule has 0 unspecified atom stereocenters. The molecule has 0 atom stereocenters. The molecule has 0 spiro atoms. The van der Waals surface area contributed by atoms with Crippen molar-refractivity contribution in [1.82, 2.24) is 15.3 Å². The molecule has 2 heterocycles. The molecule has 226 valence electrons. The maximum absolute atomic E-state index is 13.3. The first-order chi connectivity index (χ1) is 22.5. The molecule has 6 rings (SSSR count). The van der Waals surface area contributed by atoms with Crippen molar-refractivity contribution >= 4 is 58.0 Å². The molecule has 0 aliphatic rings. The van der Waals surface area contributed by atoms with E-state index >= 15 is 0 Å². The van der Waals surface area contributed by atoms with Gasteiger partial charge < -0.3 is 20.4 Å². The zero-order valence-electron chi connectivity index (χ0n) is 24.3. The highest BCUT2D eigenvalue weighted by molar-refractivity contribution is 8.00. The second-order valence-corrected chi connectivity index (χ2v) is 11.1. The second kappa shape index (κ2) is 14.2. The first-order valence-electron chi connectivity index (χ1n) is 14.3. The Morgan fingerprint density at radius 2 is 1.59 bits per heavy atom. The normalized spacial score (nSPS) is 11.2. The van der Waals surface area contributed by atoms with E-state index in [9.17, 15) is 14.4 Å². The molecule has 0 aliphatic carbocycles. The van der Waals surface area contributed by atoms with Crippen molar-refractivity contribution < 1.29 is 18.8 Å². The second-order valence-electron chi connectivity index (χ2n) is 10.0. The van der Waals surface area contributed by atoms with Gasteiger partial charge in [-0.3, -0.25) is 19.4 Å². The number of benzene rings is 4. The SMILES string of the molecule is O=C(CSc1cccc(NC(=O)/C(=C/c2cccnc2)NC(=O)c2ccccc2)c1)Nc1ccc(-c2nc3ccccc3o2)cc1. The van der Waals surface area contributed by atoms with Gasteiger partial charge in [0.2, 0.25) is 11.8 Å². The largest absolute Gasteiger partial charge is 0.436 e. The van der Waals surface area contributed by atoms with Crippen LogP contribution < -0.4 is 16.0 Å². The Hall–Kier alpha value is -6.00. The fourth-order valence-electron chi connectivity index (χ4n) is 4.47. The third-order valence-electron chi connectivity index (χ3n) is 6.70. The smallest absolute Gasteiger partial charge is 0.272 e. The Kier molecular flexibility index (Phi) is 9.27. The number of nitrogens with zero attached hydrogens (tertiary/aromatic N) is 2. The van der Waals surface area contributed by atoms with E-state index in [4.69, 9.17) is 4.42 Å². The van der Waals surface area contributed by atoms with Crippen LogP contribution in [0.5, 0.6) is 0 Å². The molecule has 46 heavy (non-hydrogen) atoms. The van der Waals surface area contributed by atoms with Gasteiger partial charge in [0, 0.05) is 39.8 Å². The lowest BCUT2D eigenvalue weighted by atomic mass is 10.2. The van der Waals surface area contributed by atoms with Gasteiger partial charge in [-0.1, -0.05) is 42.5 Å². The van der Waals surface area contributed by atoms with Crippen LogP contribution in [-0.4, -0.2) is 33.4 Å². The molecule has 0 aliphatic heterocycles. The summed E-state index contributed by atoms with van der Waals surface area (Å²) in [5, 5.41) is 8.46. The standard InChI is InChI=1S/C36H27N5O4S/c42-33(38-27-17-15-26(16-18-27)36-41-30-13-4-5-14-32(30)45-36)23-46-29-12-6-11-28(21-29)39-35(44)31(20-24-8-7-19-37-22-24)40-34(43)25-9-2-1-3-10-25/h1-22H,23H2,(H,38,42)(H,39,44)(H,40,43)/b31-20-. The number of amides is 3. The van der Waals surface area contributed by atoms with E-state index in [2.05, 4.69) is 25.9 Å².